The number of rotatable bonds is 10. The smallest absolute Gasteiger partial charge is 0.238 e. The van der Waals surface area contributed by atoms with E-state index in [0.29, 0.717) is 19.7 Å². The van der Waals surface area contributed by atoms with Gasteiger partial charge in [0.25, 0.3) is 0 Å². The fourth-order valence-corrected chi connectivity index (χ4v) is 4.23. The Balaban J connectivity index is 1.32. The third-order valence-electron chi connectivity index (χ3n) is 6.02. The number of piperidine rings is 1. The van der Waals surface area contributed by atoms with Gasteiger partial charge in [-0.05, 0) is 83.3 Å². The van der Waals surface area contributed by atoms with E-state index in [1.54, 1.807) is 0 Å². The van der Waals surface area contributed by atoms with E-state index in [9.17, 15) is 9.59 Å². The molecule has 1 aromatic rings. The molecule has 7 heteroatoms. The van der Waals surface area contributed by atoms with Crippen molar-refractivity contribution in [1.29, 1.82) is 0 Å². The molecule has 0 saturated carbocycles. The molecule has 7 nitrogen and oxygen atoms in total. The molecule has 0 aromatic heterocycles. The number of likely N-dealkylation sites (tertiary alicyclic amines) is 1. The van der Waals surface area contributed by atoms with Crippen LogP contribution in [0.25, 0.3) is 0 Å². The summed E-state index contributed by atoms with van der Waals surface area (Å²) in [6.07, 6.45) is 5.17. The summed E-state index contributed by atoms with van der Waals surface area (Å²) >= 11 is 0. The van der Waals surface area contributed by atoms with Gasteiger partial charge < -0.3 is 20.3 Å². The Morgan fingerprint density at radius 2 is 1.74 bits per heavy atom. The van der Waals surface area contributed by atoms with Gasteiger partial charge in [-0.2, -0.15) is 0 Å². The third kappa shape index (κ3) is 7.82. The van der Waals surface area contributed by atoms with Crippen LogP contribution in [0.1, 0.15) is 46.0 Å². The lowest BCUT2D eigenvalue weighted by Gasteiger charge is -2.30. The van der Waals surface area contributed by atoms with Gasteiger partial charge in [0, 0.05) is 43.5 Å². The minimum Gasteiger partial charge on any atom is -0.379 e. The SMILES string of the molecule is CC(C)OCCCNC(=O)C1CCN(CC(=O)Nc2ccc(N3CCCC3)cc2)CC1. The molecule has 0 unspecified atom stereocenters. The highest BCUT2D eigenvalue weighted by molar-refractivity contribution is 5.92. The van der Waals surface area contributed by atoms with E-state index < -0.39 is 0 Å². The van der Waals surface area contributed by atoms with Crippen LogP contribution < -0.4 is 15.5 Å². The molecule has 2 amide bonds. The van der Waals surface area contributed by atoms with Gasteiger partial charge in [0.1, 0.15) is 0 Å². The molecule has 172 valence electrons. The molecule has 0 atom stereocenters. The number of carbonyl (C=O) groups excluding carboxylic acids is 2. The van der Waals surface area contributed by atoms with Crippen LogP contribution in [0.4, 0.5) is 11.4 Å². The van der Waals surface area contributed by atoms with Crippen molar-refractivity contribution >= 4 is 23.2 Å². The summed E-state index contributed by atoms with van der Waals surface area (Å²) in [6, 6.07) is 8.13. The first-order valence-corrected chi connectivity index (χ1v) is 11.8. The molecule has 31 heavy (non-hydrogen) atoms. The van der Waals surface area contributed by atoms with E-state index in [2.05, 4.69) is 32.6 Å². The van der Waals surface area contributed by atoms with Gasteiger partial charge in [0.15, 0.2) is 0 Å². The number of ether oxygens (including phenoxy) is 1. The molecule has 2 heterocycles. The van der Waals surface area contributed by atoms with Crippen LogP contribution in [0.2, 0.25) is 0 Å². The quantitative estimate of drug-likeness (QED) is 0.559. The summed E-state index contributed by atoms with van der Waals surface area (Å²) in [4.78, 5) is 29.3. The fourth-order valence-electron chi connectivity index (χ4n) is 4.23. The lowest BCUT2D eigenvalue weighted by atomic mass is 9.96. The molecule has 2 saturated heterocycles. The number of hydrogen-bond acceptors (Lipinski definition) is 5. The molecule has 2 aliphatic rings. The maximum atomic E-state index is 12.4. The number of nitrogens with zero attached hydrogens (tertiary/aromatic N) is 2. The Morgan fingerprint density at radius 1 is 1.06 bits per heavy atom. The Morgan fingerprint density at radius 3 is 2.39 bits per heavy atom. The summed E-state index contributed by atoms with van der Waals surface area (Å²) in [5.41, 5.74) is 2.06. The molecule has 2 N–H and O–H groups in total. The van der Waals surface area contributed by atoms with Crippen LogP contribution in [0.3, 0.4) is 0 Å². The largest absolute Gasteiger partial charge is 0.379 e. The predicted octanol–water partition coefficient (Wildman–Crippen LogP) is 2.87. The molecule has 0 spiro atoms. The zero-order chi connectivity index (χ0) is 22.1. The maximum Gasteiger partial charge on any atom is 0.238 e. The Labute approximate surface area is 186 Å². The average Bonchev–Trinajstić information content (AvgIpc) is 3.29. The topological polar surface area (TPSA) is 73.9 Å². The van der Waals surface area contributed by atoms with Crippen molar-refractivity contribution in [3.05, 3.63) is 24.3 Å². The zero-order valence-corrected chi connectivity index (χ0v) is 19.1. The first-order valence-electron chi connectivity index (χ1n) is 11.8. The van der Waals surface area contributed by atoms with Gasteiger partial charge in [-0.25, -0.2) is 0 Å². The van der Waals surface area contributed by atoms with Crippen molar-refractivity contribution in [2.75, 3.05) is 56.1 Å². The minimum atomic E-state index is 0.00183. The summed E-state index contributed by atoms with van der Waals surface area (Å²) in [7, 11) is 0. The fraction of sp³-hybridized carbons (Fsp3) is 0.667. The van der Waals surface area contributed by atoms with E-state index in [0.717, 1.165) is 51.1 Å². The van der Waals surface area contributed by atoms with E-state index in [1.807, 2.05) is 26.0 Å². The summed E-state index contributed by atoms with van der Waals surface area (Å²) in [5, 5.41) is 6.02. The second-order valence-electron chi connectivity index (χ2n) is 8.90. The molecular weight excluding hydrogens is 392 g/mol. The molecule has 2 aliphatic heterocycles. The molecule has 0 aliphatic carbocycles. The number of hydrogen-bond donors (Lipinski definition) is 2. The average molecular weight is 431 g/mol. The summed E-state index contributed by atoms with van der Waals surface area (Å²) < 4.78 is 5.49. The molecular formula is C24H38N4O3. The Kier molecular flexibility index (Phi) is 9.15. The lowest BCUT2D eigenvalue weighted by Crippen LogP contribution is -2.43. The van der Waals surface area contributed by atoms with Crippen molar-refractivity contribution < 1.29 is 14.3 Å². The van der Waals surface area contributed by atoms with Crippen molar-refractivity contribution in [3.63, 3.8) is 0 Å². The number of carbonyl (C=O) groups is 2. The predicted molar refractivity (Wildman–Crippen MR) is 124 cm³/mol. The molecule has 0 bridgehead atoms. The van der Waals surface area contributed by atoms with E-state index >= 15 is 0 Å². The van der Waals surface area contributed by atoms with Crippen molar-refractivity contribution in [3.8, 4) is 0 Å². The second-order valence-corrected chi connectivity index (χ2v) is 8.90. The lowest BCUT2D eigenvalue weighted by molar-refractivity contribution is -0.126. The molecule has 3 rings (SSSR count). The van der Waals surface area contributed by atoms with Gasteiger partial charge in [0.2, 0.25) is 11.8 Å². The number of nitrogens with one attached hydrogen (secondary N) is 2. The van der Waals surface area contributed by atoms with E-state index in [-0.39, 0.29) is 23.8 Å². The Bertz CT molecular complexity index is 693. The van der Waals surface area contributed by atoms with E-state index in [4.69, 9.17) is 4.74 Å². The van der Waals surface area contributed by atoms with Crippen molar-refractivity contribution in [2.24, 2.45) is 5.92 Å². The van der Waals surface area contributed by atoms with Crippen molar-refractivity contribution in [2.45, 2.75) is 52.1 Å². The van der Waals surface area contributed by atoms with Gasteiger partial charge in [-0.15, -0.1) is 0 Å². The molecule has 2 fully saturated rings. The van der Waals surface area contributed by atoms with Crippen LogP contribution in [0, 0.1) is 5.92 Å². The second kappa shape index (κ2) is 12.1. The summed E-state index contributed by atoms with van der Waals surface area (Å²) in [6.45, 7) is 9.51. The number of anilines is 2. The van der Waals surface area contributed by atoms with Crippen LogP contribution >= 0.6 is 0 Å². The maximum absolute atomic E-state index is 12.4. The normalized spacial score (nSPS) is 17.8. The van der Waals surface area contributed by atoms with Crippen LogP contribution in [-0.2, 0) is 14.3 Å². The zero-order valence-electron chi connectivity index (χ0n) is 19.1. The first kappa shape index (κ1) is 23.5. The summed E-state index contributed by atoms with van der Waals surface area (Å²) in [5.74, 6) is 0.178. The monoisotopic (exact) mass is 430 g/mol. The first-order chi connectivity index (χ1) is 15.0. The highest BCUT2D eigenvalue weighted by Crippen LogP contribution is 2.22. The van der Waals surface area contributed by atoms with Gasteiger partial charge >= 0.3 is 0 Å². The van der Waals surface area contributed by atoms with Crippen molar-refractivity contribution in [1.82, 2.24) is 10.2 Å². The Hall–Kier alpha value is -2.12. The van der Waals surface area contributed by atoms with Gasteiger partial charge in [-0.3, -0.25) is 14.5 Å². The van der Waals surface area contributed by atoms with Crippen LogP contribution in [0.5, 0.6) is 0 Å². The molecule has 1 aromatic carbocycles. The van der Waals surface area contributed by atoms with Gasteiger partial charge in [-0.1, -0.05) is 0 Å². The van der Waals surface area contributed by atoms with Gasteiger partial charge in [0.05, 0.1) is 12.6 Å². The van der Waals surface area contributed by atoms with E-state index in [1.165, 1.54) is 18.5 Å². The highest BCUT2D eigenvalue weighted by Gasteiger charge is 2.25. The third-order valence-corrected chi connectivity index (χ3v) is 6.02. The van der Waals surface area contributed by atoms with Crippen LogP contribution in [-0.4, -0.2) is 68.7 Å². The minimum absolute atomic E-state index is 0.00183. The number of benzene rings is 1. The van der Waals surface area contributed by atoms with Crippen LogP contribution in [0.15, 0.2) is 24.3 Å². The standard InChI is InChI=1S/C24H38N4O3/c1-19(2)31-17-5-12-25-24(30)20-10-15-27(16-11-20)18-23(29)26-21-6-8-22(9-7-21)28-13-3-4-14-28/h6-9,19-20H,3-5,10-18H2,1-2H3,(H,25,30)(H,26,29). The number of amides is 2. The highest BCUT2D eigenvalue weighted by atomic mass is 16.5. The molecule has 0 radical (unpaired) electrons.